The highest BCUT2D eigenvalue weighted by atomic mass is 16.6. The summed E-state index contributed by atoms with van der Waals surface area (Å²) >= 11 is 0. The second-order valence-electron chi connectivity index (χ2n) is 38.0. The SMILES string of the molecule is CO[C@H]1C[C@@H]2CC[C@@H](C)[C@@](O)(O2)C(=O)C(=O)N2CCCC[C@H]2C(=O)O[C@H]([C@H](C)C[C@@H]2CC[C@@H](OC(=O)N3CCc4nc(N5CCN(C(=O)CCOCCN6CCN(c7ncc(C(=O)N8CCc9cc(Cn%10nc(-c%11ccc%12oc(N)nc%12c%11)c%11c(N)ncnc%11%10)ccc9C8)cn7)CC6)CC5)ncc4C3)[C@H](OC)C2)CC[C@H](C)/C=C(\C)[C@@H](O)[C@@H](OC)C(=O)[C@H](C)C[C@H](C)/C=C/C=C/C=C/1C. The summed E-state index contributed by atoms with van der Waals surface area (Å²) < 4.78 is 50.3. The summed E-state index contributed by atoms with van der Waals surface area (Å²) in [6, 6.07) is 10.8. The molecule has 6 N–H and O–H groups in total. The summed E-state index contributed by atoms with van der Waals surface area (Å²) in [5.41, 5.74) is 22.3. The number of Topliss-reactive ketones (excluding diaryl/α,β-unsaturated/α-hetero) is 2. The third-order valence-electron chi connectivity index (χ3n) is 28.5. The highest BCUT2D eigenvalue weighted by Crippen LogP contribution is 2.41. The first-order valence-corrected chi connectivity index (χ1v) is 47.8. The molecular weight excluding hydrogens is 1710 g/mol. The lowest BCUT2D eigenvalue weighted by molar-refractivity contribution is -0.265. The summed E-state index contributed by atoms with van der Waals surface area (Å²) in [5, 5.41) is 29.6. The summed E-state index contributed by atoms with van der Waals surface area (Å²) in [6.45, 7) is 22.3. The monoisotopic (exact) mass is 1850 g/mol. The fourth-order valence-electron chi connectivity index (χ4n) is 20.4. The van der Waals surface area contributed by atoms with Gasteiger partial charge in [0, 0.05) is 161 Å². The van der Waals surface area contributed by atoms with Gasteiger partial charge in [-0.3, -0.25) is 28.9 Å². The van der Waals surface area contributed by atoms with Crippen LogP contribution in [0.4, 0.5) is 28.5 Å². The highest BCUT2D eigenvalue weighted by molar-refractivity contribution is 6.39. The zero-order chi connectivity index (χ0) is 94.6. The van der Waals surface area contributed by atoms with E-state index in [1.165, 1.54) is 18.3 Å². The Morgan fingerprint density at radius 3 is 2.22 bits per heavy atom. The molecule has 0 unspecified atom stereocenters. The molecule has 15 rings (SSSR count). The van der Waals surface area contributed by atoms with Gasteiger partial charge in [0.2, 0.25) is 23.6 Å². The molecule has 4 saturated heterocycles. The maximum atomic E-state index is 14.9. The van der Waals surface area contributed by atoms with E-state index < -0.39 is 90.1 Å². The molecule has 0 spiro atoms. The number of esters is 1. The highest BCUT2D eigenvalue weighted by Gasteiger charge is 2.54. The lowest BCUT2D eigenvalue weighted by Crippen LogP contribution is -2.61. The largest absolute Gasteiger partial charge is 0.461 e. The van der Waals surface area contributed by atoms with Gasteiger partial charge in [0.15, 0.2) is 17.0 Å². The zero-order valence-corrected chi connectivity index (χ0v) is 79.0. The van der Waals surface area contributed by atoms with E-state index in [9.17, 15) is 43.8 Å². The van der Waals surface area contributed by atoms with Crippen molar-refractivity contribution in [3.63, 3.8) is 0 Å². The number of nitrogens with two attached hydrogens (primary N) is 2. The van der Waals surface area contributed by atoms with Crippen LogP contribution in [-0.2, 0) is 89.6 Å². The number of cyclic esters (lactones) is 1. The van der Waals surface area contributed by atoms with Crippen molar-refractivity contribution in [3.05, 3.63) is 142 Å². The number of hydrogen-bond acceptors (Lipinski definition) is 30. The number of fused-ring (bicyclic) bond motifs is 7. The number of amides is 4. The molecule has 7 aliphatic heterocycles. The molecule has 1 saturated carbocycles. The van der Waals surface area contributed by atoms with E-state index in [-0.39, 0.29) is 73.2 Å². The number of aliphatic hydroxyl groups excluding tert-OH is 1. The number of ketones is 2. The van der Waals surface area contributed by atoms with Crippen LogP contribution >= 0.6 is 0 Å². The predicted octanol–water partition coefficient (Wildman–Crippen LogP) is 10.0. The summed E-state index contributed by atoms with van der Waals surface area (Å²) in [4.78, 5) is 145. The van der Waals surface area contributed by atoms with Gasteiger partial charge in [0.1, 0.15) is 53.8 Å². The van der Waals surface area contributed by atoms with Crippen LogP contribution < -0.4 is 21.3 Å². The molecule has 1 aliphatic carbocycles. The standard InChI is InChI=1S/C99H132N18O17/c1-60-16-12-11-13-17-62(3)81(127-8)52-74-25-20-66(7)99(126,134-74)89(121)93(123)116-32-15-14-18-77(116)94(124)131-78(26-19-61(2)47-65(6)87(120)88(129-10)86(119)64(5)46-60)63(4)48-67-22-27-80(82(50-67)128-9)133-98(125)115-34-30-75-73(58-115)55-104-97(108-75)113-41-39-111(40-42-113)83(118)31-44-130-45-43-110-35-37-112(38-36-110)96-102-53-72(54-103-96)92(122)114-33-29-69-49-68(21-23-71(69)57-114)56-117-91-84(90(100)105-59-106-91)85(109-117)70-24-28-79-76(51-70)107-95(101)132-79/h11-13,16-17,21,23-24,28,47,49,51,53-55,59-61,63-64,66-67,74,77-78,80-82,87-88,120,126H,14-15,18-20,22,25-27,29-46,48,50,52,56-58H2,1-10H3,(H2,101,107)(H2,100,105,106)/b13-11+,16-12+,62-17+,65-47+/t60-,61+,63-,64-,66-,67+,74+,77+,78+,80-,81+,82-,87-,88+,99-/m1/s1. The van der Waals surface area contributed by atoms with Crippen LogP contribution in [0, 0.1) is 35.5 Å². The second kappa shape index (κ2) is 44.2. The fraction of sp³-hybridized carbons (Fsp3) is 0.586. The van der Waals surface area contributed by atoms with E-state index >= 15 is 0 Å². The predicted molar refractivity (Wildman–Crippen MR) is 501 cm³/mol. The van der Waals surface area contributed by atoms with Gasteiger partial charge < -0.3 is 88.7 Å². The van der Waals surface area contributed by atoms with E-state index in [1.54, 1.807) is 57.6 Å². The normalized spacial score (nSPS) is 28.2. The van der Waals surface area contributed by atoms with Crippen LogP contribution in [-0.4, -0.2) is 288 Å². The number of aliphatic hydroxyl groups is 2. The Morgan fingerprint density at radius 2 is 1.45 bits per heavy atom. The molecule has 7 aromatic rings. The maximum absolute atomic E-state index is 14.9. The number of carbonyl (C=O) groups is 7. The molecule has 8 aliphatic rings. The minimum absolute atomic E-state index is 0.0244. The Labute approximate surface area is 782 Å². The molecule has 134 heavy (non-hydrogen) atoms. The lowest BCUT2D eigenvalue weighted by atomic mass is 9.78. The van der Waals surface area contributed by atoms with Crippen LogP contribution in [0.15, 0.2) is 113 Å². The second-order valence-corrected chi connectivity index (χ2v) is 38.0. The fourth-order valence-corrected chi connectivity index (χ4v) is 20.4. The van der Waals surface area contributed by atoms with Crippen molar-refractivity contribution in [3.8, 4) is 11.3 Å². The molecule has 0 radical (unpaired) electrons. The van der Waals surface area contributed by atoms with E-state index in [1.807, 2.05) is 90.8 Å². The first kappa shape index (κ1) is 97.5. The van der Waals surface area contributed by atoms with Gasteiger partial charge in [0.25, 0.3) is 23.6 Å². The van der Waals surface area contributed by atoms with E-state index in [2.05, 4.69) is 64.7 Å². The van der Waals surface area contributed by atoms with Crippen molar-refractivity contribution < 1.29 is 81.4 Å². The Bertz CT molecular complexity index is 5450. The number of hydrogen-bond donors (Lipinski definition) is 4. The van der Waals surface area contributed by atoms with E-state index in [0.29, 0.717) is 225 Å². The number of anilines is 4. The van der Waals surface area contributed by atoms with Gasteiger partial charge in [-0.1, -0.05) is 89.3 Å². The molecule has 15 atom stereocenters. The Kier molecular flexibility index (Phi) is 32.1. The first-order chi connectivity index (χ1) is 64.6. The molecule has 35 heteroatoms. The number of piperazine rings is 2. The van der Waals surface area contributed by atoms with Crippen LogP contribution in [0.2, 0.25) is 0 Å². The molecule has 2 bridgehead atoms. The summed E-state index contributed by atoms with van der Waals surface area (Å²) in [6.07, 6.45) is 20.6. The smallest absolute Gasteiger partial charge is 0.410 e. The van der Waals surface area contributed by atoms with E-state index in [0.717, 1.165) is 58.7 Å². The van der Waals surface area contributed by atoms with Crippen molar-refractivity contribution in [1.29, 1.82) is 0 Å². The molecule has 720 valence electrons. The molecule has 35 nitrogen and oxygen atoms in total. The first-order valence-electron chi connectivity index (χ1n) is 47.8. The third-order valence-corrected chi connectivity index (χ3v) is 28.5. The average molecular weight is 1850 g/mol. The molecule has 2 aromatic carbocycles. The number of allylic oxidation sites excluding steroid dienone is 6. The van der Waals surface area contributed by atoms with Crippen LogP contribution in [0.25, 0.3) is 33.4 Å². The molecular formula is C99H132N18O17. The van der Waals surface area contributed by atoms with Gasteiger partial charge >= 0.3 is 12.1 Å². The number of piperidine rings is 1. The Morgan fingerprint density at radius 1 is 0.687 bits per heavy atom. The summed E-state index contributed by atoms with van der Waals surface area (Å²) in [5.74, 6) is -5.41. The van der Waals surface area contributed by atoms with Crippen molar-refractivity contribution >= 4 is 87.2 Å². The maximum Gasteiger partial charge on any atom is 0.410 e. The number of aromatic nitrogens is 9. The molecule has 12 heterocycles. The van der Waals surface area contributed by atoms with Gasteiger partial charge in [0.05, 0.1) is 67.7 Å². The van der Waals surface area contributed by atoms with Crippen molar-refractivity contribution in [2.45, 2.75) is 225 Å². The van der Waals surface area contributed by atoms with Gasteiger partial charge in [-0.25, -0.2) is 44.2 Å². The number of nitrogen functional groups attached to an aromatic ring is 2. The number of methoxy groups -OCH3 is 3. The van der Waals surface area contributed by atoms with Gasteiger partial charge in [-0.2, -0.15) is 10.1 Å². The lowest BCUT2D eigenvalue weighted by Gasteiger charge is -2.42. The van der Waals surface area contributed by atoms with Crippen molar-refractivity contribution in [2.75, 3.05) is 134 Å². The number of benzene rings is 2. The van der Waals surface area contributed by atoms with E-state index in [4.69, 9.17) is 64.1 Å². The summed E-state index contributed by atoms with van der Waals surface area (Å²) in [7, 11) is 4.65. The third kappa shape index (κ3) is 23.0. The number of rotatable bonds is 19. The molecule has 5 fully saturated rings. The zero-order valence-electron chi connectivity index (χ0n) is 79.0. The topological polar surface area (TPSA) is 420 Å². The molecule has 5 aromatic heterocycles. The number of ether oxygens (including phenoxy) is 7. The number of carbonyl (C=O) groups excluding carboxylic acids is 7. The van der Waals surface area contributed by atoms with Gasteiger partial charge in [-0.05, 0) is 167 Å². The number of nitrogens with zero attached hydrogens (tertiary/aromatic N) is 16. The average Bonchev–Trinajstić information content (AvgIpc) is 1.39. The van der Waals surface area contributed by atoms with Crippen LogP contribution in [0.3, 0.4) is 0 Å². The number of oxazole rings is 1. The minimum atomic E-state index is -2.44. The van der Waals surface area contributed by atoms with Crippen molar-refractivity contribution in [1.82, 2.24) is 69.2 Å². The Hall–Kier alpha value is -11.1. The Balaban J connectivity index is 0.481. The minimum Gasteiger partial charge on any atom is -0.461 e. The van der Waals surface area contributed by atoms with Gasteiger partial charge in [-0.15, -0.1) is 0 Å². The van der Waals surface area contributed by atoms with Crippen LogP contribution in [0.5, 0.6) is 0 Å². The van der Waals surface area contributed by atoms with Crippen molar-refractivity contribution in [2.24, 2.45) is 35.5 Å². The van der Waals surface area contributed by atoms with Crippen LogP contribution in [0.1, 0.15) is 177 Å². The quantitative estimate of drug-likeness (QED) is 0.0253. The molecule has 4 amide bonds.